The third-order valence-corrected chi connectivity index (χ3v) is 9.37. The molecule has 1 aromatic rings. The van der Waals surface area contributed by atoms with Crippen molar-refractivity contribution in [1.82, 2.24) is 10.3 Å². The molecule has 0 amide bonds. The number of carboxylic acid groups (broad SMARTS) is 1. The summed E-state index contributed by atoms with van der Waals surface area (Å²) < 4.78 is 0. The Morgan fingerprint density at radius 2 is 1.22 bits per heavy atom. The van der Waals surface area contributed by atoms with E-state index < -0.39 is 5.97 Å². The first-order valence-corrected chi connectivity index (χ1v) is 19.3. The van der Waals surface area contributed by atoms with Crippen molar-refractivity contribution in [1.29, 1.82) is 0 Å². The lowest BCUT2D eigenvalue weighted by Crippen LogP contribution is -3.07. The Hall–Kier alpha value is -1.98. The molecule has 0 radical (unpaired) electrons. The van der Waals surface area contributed by atoms with E-state index in [2.05, 4.69) is 34.7 Å². The fourth-order valence-electron chi connectivity index (χ4n) is 6.55. The van der Waals surface area contributed by atoms with E-state index in [-0.39, 0.29) is 6.42 Å². The first-order chi connectivity index (χ1) is 22.2. The summed E-state index contributed by atoms with van der Waals surface area (Å²) in [7, 11) is 0. The summed E-state index contributed by atoms with van der Waals surface area (Å²) in [5.74, 6) is -0.715. The molecule has 256 valence electrons. The molecule has 1 unspecified atom stereocenters. The zero-order valence-electron chi connectivity index (χ0n) is 29.1. The molecule has 0 saturated heterocycles. The largest absolute Gasteiger partial charge is 0.481 e. The Kier molecular flexibility index (Phi) is 25.6. The van der Waals surface area contributed by atoms with Crippen molar-refractivity contribution in [3.8, 4) is 0 Å². The molecule has 1 aliphatic rings. The van der Waals surface area contributed by atoms with Gasteiger partial charge in [0.25, 0.3) is 0 Å². The maximum absolute atomic E-state index is 10.5. The second-order valence-electron chi connectivity index (χ2n) is 13.6. The van der Waals surface area contributed by atoms with Gasteiger partial charge in [-0.1, -0.05) is 128 Å². The molecule has 0 spiro atoms. The molecule has 2 rings (SSSR count). The molecule has 5 heteroatoms. The Bertz CT molecular complexity index is 870. The number of nitrogens with one attached hydrogen (secondary N) is 2. The number of hydrogen-bond donors (Lipinski definition) is 3. The zero-order valence-corrected chi connectivity index (χ0v) is 29.1. The Balaban J connectivity index is 1.28. The molecule has 1 atom stereocenters. The number of aryl methyl sites for hydroxylation is 1. The van der Waals surface area contributed by atoms with Crippen LogP contribution in [0, 0.1) is 0 Å². The van der Waals surface area contributed by atoms with Gasteiger partial charge in [0, 0.05) is 24.5 Å². The lowest BCUT2D eigenvalue weighted by Gasteiger charge is -2.18. The number of carbonyl (C=O) groups is 1. The maximum Gasteiger partial charge on any atom is 0.304 e. The lowest BCUT2D eigenvalue weighted by molar-refractivity contribution is -0.841. The van der Waals surface area contributed by atoms with Gasteiger partial charge in [0.1, 0.15) is 6.54 Å². The monoisotopic (exact) mass is 625 g/mol. The summed E-state index contributed by atoms with van der Waals surface area (Å²) in [5.41, 5.74) is 2.96. The standard InChI is InChI=1S/C40H69N3O2/c44-40(45)30-33-41-31-22-18-14-10-6-3-5-9-13-17-21-27-39-29-25-35-43(37-39)34-23-19-15-11-7-2-1-4-8-12-16-20-26-38-28-24-32-42-36-38/h24-25,28-29,32,36-37,41H,1-23,26-27,30-31,33-35H2,(H,44,45)/p+1. The molecule has 0 aliphatic carbocycles. The highest BCUT2D eigenvalue weighted by Crippen LogP contribution is 2.16. The summed E-state index contributed by atoms with van der Waals surface area (Å²) >= 11 is 0. The third kappa shape index (κ3) is 24.9. The van der Waals surface area contributed by atoms with E-state index in [1.165, 1.54) is 179 Å². The maximum atomic E-state index is 10.5. The lowest BCUT2D eigenvalue weighted by atomic mass is 10.0. The predicted octanol–water partition coefficient (Wildman–Crippen LogP) is 9.39. The minimum absolute atomic E-state index is 0.228. The van der Waals surface area contributed by atoms with Crippen molar-refractivity contribution in [3.63, 3.8) is 0 Å². The first kappa shape index (κ1) is 39.2. The summed E-state index contributed by atoms with van der Waals surface area (Å²) in [6, 6.07) is 4.24. The van der Waals surface area contributed by atoms with Crippen LogP contribution in [-0.2, 0) is 11.2 Å². The van der Waals surface area contributed by atoms with Crippen molar-refractivity contribution < 1.29 is 14.8 Å². The van der Waals surface area contributed by atoms with E-state index in [0.717, 1.165) is 6.54 Å². The van der Waals surface area contributed by atoms with E-state index >= 15 is 0 Å². The summed E-state index contributed by atoms with van der Waals surface area (Å²) in [6.45, 7) is 4.03. The van der Waals surface area contributed by atoms with Gasteiger partial charge in [-0.2, -0.15) is 0 Å². The number of carboxylic acids is 1. The van der Waals surface area contributed by atoms with Gasteiger partial charge in [0.05, 0.1) is 19.2 Å². The minimum Gasteiger partial charge on any atom is -0.481 e. The van der Waals surface area contributed by atoms with Gasteiger partial charge in [-0.15, -0.1) is 0 Å². The Morgan fingerprint density at radius 3 is 1.78 bits per heavy atom. The number of nitrogens with zero attached hydrogens (tertiary/aromatic N) is 1. The van der Waals surface area contributed by atoms with Crippen LogP contribution in [0.15, 0.2) is 48.5 Å². The van der Waals surface area contributed by atoms with Gasteiger partial charge in [0.15, 0.2) is 0 Å². The van der Waals surface area contributed by atoms with E-state index in [0.29, 0.717) is 6.54 Å². The molecule has 0 aromatic carbocycles. The van der Waals surface area contributed by atoms with Gasteiger partial charge in [-0.05, 0) is 69.2 Å². The quantitative estimate of drug-likeness (QED) is 0.0699. The van der Waals surface area contributed by atoms with Gasteiger partial charge >= 0.3 is 5.97 Å². The number of unbranched alkanes of at least 4 members (excludes halogenated alkanes) is 21. The molecule has 1 aliphatic heterocycles. The van der Waals surface area contributed by atoms with Crippen molar-refractivity contribution in [2.75, 3.05) is 26.2 Å². The molecule has 3 N–H and O–H groups in total. The van der Waals surface area contributed by atoms with Gasteiger partial charge in [-0.25, -0.2) is 0 Å². The highest BCUT2D eigenvalue weighted by molar-refractivity contribution is 5.66. The molecular weight excluding hydrogens is 554 g/mol. The number of rotatable bonds is 32. The van der Waals surface area contributed by atoms with Crippen molar-refractivity contribution in [2.45, 2.75) is 167 Å². The van der Waals surface area contributed by atoms with Crippen LogP contribution in [0.4, 0.5) is 0 Å². The van der Waals surface area contributed by atoms with Crippen molar-refractivity contribution >= 4 is 5.97 Å². The number of allylic oxidation sites excluding steroid dienone is 2. The van der Waals surface area contributed by atoms with Crippen LogP contribution in [0.5, 0.6) is 0 Å². The second-order valence-corrected chi connectivity index (χ2v) is 13.6. The number of aromatic nitrogens is 1. The molecular formula is C40H70N3O2+. The van der Waals surface area contributed by atoms with Crippen LogP contribution >= 0.6 is 0 Å². The van der Waals surface area contributed by atoms with Crippen LogP contribution in [0.25, 0.3) is 0 Å². The fourth-order valence-corrected chi connectivity index (χ4v) is 6.55. The summed E-state index contributed by atoms with van der Waals surface area (Å²) in [4.78, 5) is 16.4. The highest BCUT2D eigenvalue weighted by atomic mass is 16.4. The molecule has 5 nitrogen and oxygen atoms in total. The topological polar surface area (TPSA) is 66.7 Å². The molecule has 0 fully saturated rings. The SMILES string of the molecule is O=C(O)CCNCCCCCCCCCCCCCC1=C[NH+](CCCCCCCCCCCCCCc2cccnc2)CC=C1. The zero-order chi connectivity index (χ0) is 31.9. The van der Waals surface area contributed by atoms with Crippen LogP contribution in [0.1, 0.15) is 166 Å². The average Bonchev–Trinajstić information content (AvgIpc) is 3.05. The predicted molar refractivity (Wildman–Crippen MR) is 192 cm³/mol. The van der Waals surface area contributed by atoms with E-state index in [1.54, 1.807) is 10.5 Å². The summed E-state index contributed by atoms with van der Waals surface area (Å²) in [6.07, 6.45) is 45.5. The summed E-state index contributed by atoms with van der Waals surface area (Å²) in [5, 5.41) is 11.8. The molecule has 45 heavy (non-hydrogen) atoms. The third-order valence-electron chi connectivity index (χ3n) is 9.37. The second kappa shape index (κ2) is 29.4. The van der Waals surface area contributed by atoms with Crippen LogP contribution < -0.4 is 10.2 Å². The number of quaternary nitrogens is 1. The van der Waals surface area contributed by atoms with E-state index in [1.807, 2.05) is 18.5 Å². The molecule has 0 bridgehead atoms. The molecule has 0 saturated carbocycles. The Labute approximate surface area is 277 Å². The molecule has 1 aromatic heterocycles. The van der Waals surface area contributed by atoms with Crippen molar-refractivity contribution in [2.24, 2.45) is 0 Å². The van der Waals surface area contributed by atoms with Crippen molar-refractivity contribution in [3.05, 3.63) is 54.0 Å². The smallest absolute Gasteiger partial charge is 0.304 e. The van der Waals surface area contributed by atoms with E-state index in [4.69, 9.17) is 5.11 Å². The normalized spacial score (nSPS) is 14.6. The van der Waals surface area contributed by atoms with Gasteiger partial charge in [0.2, 0.25) is 0 Å². The fraction of sp³-hybridized carbons (Fsp3) is 0.750. The number of pyridine rings is 1. The van der Waals surface area contributed by atoms with Crippen LogP contribution in [-0.4, -0.2) is 42.2 Å². The minimum atomic E-state index is -0.715. The van der Waals surface area contributed by atoms with E-state index in [9.17, 15) is 4.79 Å². The Morgan fingerprint density at radius 1 is 0.689 bits per heavy atom. The molecule has 2 heterocycles. The first-order valence-electron chi connectivity index (χ1n) is 19.3. The van der Waals surface area contributed by atoms with Crippen LogP contribution in [0.3, 0.4) is 0 Å². The van der Waals surface area contributed by atoms with Gasteiger partial charge < -0.3 is 15.3 Å². The van der Waals surface area contributed by atoms with Gasteiger partial charge in [-0.3, -0.25) is 9.78 Å². The number of aliphatic carboxylic acids is 1. The average molecular weight is 625 g/mol. The highest BCUT2D eigenvalue weighted by Gasteiger charge is 2.10. The number of hydrogen-bond acceptors (Lipinski definition) is 3. The van der Waals surface area contributed by atoms with Crippen LogP contribution in [0.2, 0.25) is 0 Å².